The van der Waals surface area contributed by atoms with Gasteiger partial charge in [-0.15, -0.1) is 0 Å². The summed E-state index contributed by atoms with van der Waals surface area (Å²) in [7, 11) is 0. The Morgan fingerprint density at radius 1 is 0.381 bits per heavy atom. The zero-order valence-corrected chi connectivity index (χ0v) is 27.9. The van der Waals surface area contributed by atoms with Gasteiger partial charge in [0.1, 0.15) is 11.5 Å². The topological polar surface area (TPSA) is 80.9 Å². The molecule has 0 bridgehead atoms. The molecule has 0 aliphatic rings. The summed E-state index contributed by atoms with van der Waals surface area (Å²) in [6, 6.07) is 14.7. The van der Waals surface area contributed by atoms with Crippen molar-refractivity contribution in [3.8, 4) is 23.0 Å². The molecule has 0 heterocycles. The van der Waals surface area contributed by atoms with Gasteiger partial charge in [-0.3, -0.25) is 0 Å². The van der Waals surface area contributed by atoms with Crippen LogP contribution in [0.5, 0.6) is 23.0 Å². The third-order valence-corrected chi connectivity index (χ3v) is 9.06. The lowest BCUT2D eigenvalue weighted by molar-refractivity contribution is 0.465. The largest absolute Gasteiger partial charge is 0.507 e. The molecule has 0 spiro atoms. The first kappa shape index (κ1) is 33.7. The van der Waals surface area contributed by atoms with E-state index < -0.39 is 5.41 Å². The van der Waals surface area contributed by atoms with Gasteiger partial charge >= 0.3 is 0 Å². The second-order valence-corrected chi connectivity index (χ2v) is 13.4. The van der Waals surface area contributed by atoms with Gasteiger partial charge in [-0.2, -0.15) is 0 Å². The van der Waals surface area contributed by atoms with Crippen molar-refractivity contribution < 1.29 is 20.4 Å². The Balaban J connectivity index is 0.000000230. The molecule has 0 saturated heterocycles. The molecule has 4 aromatic carbocycles. The maximum atomic E-state index is 9.96. The standard InChI is InChI=1S/C19H24O2.C15H12Cl4O2/c1-11-7-15(8-12(2)17(11)20)19(5,6)16-9-13(3)18(21)14(4)10-16;1-15(2,7-3-9(16)13(20)10(17)4-7)8-5-11(18)14(21)12(19)6-8/h7-10,20-21H,1-6H3;3-6,20-21H,1-2H3. The van der Waals surface area contributed by atoms with E-state index in [4.69, 9.17) is 46.4 Å². The van der Waals surface area contributed by atoms with Gasteiger partial charge in [0.25, 0.3) is 0 Å². The molecular weight excluding hydrogens is 614 g/mol. The van der Waals surface area contributed by atoms with Crippen LogP contribution < -0.4 is 0 Å². The van der Waals surface area contributed by atoms with Crippen molar-refractivity contribution in [3.05, 3.63) is 113 Å². The summed E-state index contributed by atoms with van der Waals surface area (Å²) in [4.78, 5) is 0. The van der Waals surface area contributed by atoms with Crippen LogP contribution in [0.2, 0.25) is 20.1 Å². The minimum Gasteiger partial charge on any atom is -0.507 e. The summed E-state index contributed by atoms with van der Waals surface area (Å²) in [6.45, 7) is 15.9. The van der Waals surface area contributed by atoms with Crippen molar-refractivity contribution in [1.29, 1.82) is 0 Å². The van der Waals surface area contributed by atoms with Crippen LogP contribution in [0, 0.1) is 27.7 Å². The summed E-state index contributed by atoms with van der Waals surface area (Å²) in [5.41, 5.74) is 6.76. The van der Waals surface area contributed by atoms with Gasteiger partial charge in [0.05, 0.1) is 20.1 Å². The average Bonchev–Trinajstić information content (AvgIpc) is 2.91. The highest BCUT2D eigenvalue weighted by atomic mass is 35.5. The maximum absolute atomic E-state index is 9.96. The van der Waals surface area contributed by atoms with Gasteiger partial charge in [-0.1, -0.05) is 98.4 Å². The van der Waals surface area contributed by atoms with Crippen LogP contribution in [0.15, 0.2) is 48.5 Å². The number of benzene rings is 4. The highest BCUT2D eigenvalue weighted by molar-refractivity contribution is 6.37. The molecule has 0 radical (unpaired) electrons. The zero-order valence-electron chi connectivity index (χ0n) is 24.9. The molecular formula is C34H36Cl4O4. The van der Waals surface area contributed by atoms with Crippen LogP contribution in [0.25, 0.3) is 0 Å². The number of phenolic OH excluding ortho intramolecular Hbond substituents is 4. The van der Waals surface area contributed by atoms with Crippen molar-refractivity contribution in [3.63, 3.8) is 0 Å². The third kappa shape index (κ3) is 6.73. The second-order valence-electron chi connectivity index (χ2n) is 11.7. The van der Waals surface area contributed by atoms with Crippen LogP contribution >= 0.6 is 46.4 Å². The van der Waals surface area contributed by atoms with E-state index in [1.54, 1.807) is 24.3 Å². The Bertz CT molecular complexity index is 1320. The average molecular weight is 650 g/mol. The van der Waals surface area contributed by atoms with Crippen LogP contribution in [-0.2, 0) is 10.8 Å². The van der Waals surface area contributed by atoms with E-state index >= 15 is 0 Å². The first-order chi connectivity index (χ1) is 19.3. The fourth-order valence-corrected chi connectivity index (χ4v) is 5.79. The van der Waals surface area contributed by atoms with E-state index in [2.05, 4.69) is 13.8 Å². The van der Waals surface area contributed by atoms with Crippen molar-refractivity contribution in [2.45, 2.75) is 66.2 Å². The number of halogens is 4. The van der Waals surface area contributed by atoms with Crippen LogP contribution in [0.1, 0.15) is 72.2 Å². The van der Waals surface area contributed by atoms with E-state index in [0.717, 1.165) is 33.4 Å². The number of hydrogen-bond donors (Lipinski definition) is 4. The molecule has 0 unspecified atom stereocenters. The minimum absolute atomic E-state index is 0.153. The van der Waals surface area contributed by atoms with Gasteiger partial charge < -0.3 is 20.4 Å². The molecule has 0 saturated carbocycles. The summed E-state index contributed by atoms with van der Waals surface area (Å²) in [5, 5.41) is 39.9. The molecule has 4 N–H and O–H groups in total. The summed E-state index contributed by atoms with van der Waals surface area (Å²) >= 11 is 23.9. The molecule has 42 heavy (non-hydrogen) atoms. The maximum Gasteiger partial charge on any atom is 0.152 e. The van der Waals surface area contributed by atoms with Crippen molar-refractivity contribution in [2.75, 3.05) is 0 Å². The monoisotopic (exact) mass is 648 g/mol. The highest BCUT2D eigenvalue weighted by Gasteiger charge is 2.28. The molecule has 0 atom stereocenters. The molecule has 4 aromatic rings. The SMILES string of the molecule is CC(C)(c1cc(Cl)c(O)c(Cl)c1)c1cc(Cl)c(O)c(Cl)c1.Cc1cc(C(C)(C)c2cc(C)c(O)c(C)c2)cc(C)c1O. The second kappa shape index (κ2) is 12.5. The molecule has 8 heteroatoms. The number of aromatic hydroxyl groups is 4. The number of phenols is 4. The Morgan fingerprint density at radius 2 is 0.571 bits per heavy atom. The Morgan fingerprint density at radius 3 is 0.786 bits per heavy atom. The predicted octanol–water partition coefficient (Wildman–Crippen LogP) is 10.7. The van der Waals surface area contributed by atoms with Crippen molar-refractivity contribution >= 4 is 46.4 Å². The molecule has 0 fully saturated rings. The quantitative estimate of drug-likeness (QED) is 0.177. The summed E-state index contributed by atoms with van der Waals surface area (Å²) in [5.74, 6) is 0.430. The van der Waals surface area contributed by atoms with Crippen LogP contribution in [0.3, 0.4) is 0 Å². The summed E-state index contributed by atoms with van der Waals surface area (Å²) in [6.07, 6.45) is 0. The van der Waals surface area contributed by atoms with Gasteiger partial charge in [-0.25, -0.2) is 0 Å². The minimum atomic E-state index is -0.526. The normalized spacial score (nSPS) is 11.7. The van der Waals surface area contributed by atoms with E-state index in [9.17, 15) is 20.4 Å². The first-order valence-electron chi connectivity index (χ1n) is 13.3. The zero-order chi connectivity index (χ0) is 31.9. The Hall–Kier alpha value is -2.76. The lowest BCUT2D eigenvalue weighted by atomic mass is 9.76. The van der Waals surface area contributed by atoms with Gasteiger partial charge in [-0.05, 0) is 96.5 Å². The molecule has 4 nitrogen and oxygen atoms in total. The Labute approximate surface area is 268 Å². The molecule has 4 rings (SSSR count). The van der Waals surface area contributed by atoms with Gasteiger partial charge in [0.2, 0.25) is 0 Å². The van der Waals surface area contributed by atoms with E-state index in [-0.39, 0.29) is 37.0 Å². The highest BCUT2D eigenvalue weighted by Crippen LogP contribution is 2.43. The van der Waals surface area contributed by atoms with Crippen molar-refractivity contribution in [1.82, 2.24) is 0 Å². The lowest BCUT2D eigenvalue weighted by Crippen LogP contribution is -2.19. The third-order valence-electron chi connectivity index (χ3n) is 7.90. The fraction of sp³-hybridized carbons (Fsp3) is 0.294. The molecule has 0 amide bonds. The smallest absolute Gasteiger partial charge is 0.152 e. The van der Waals surface area contributed by atoms with Gasteiger partial charge in [0.15, 0.2) is 11.5 Å². The van der Waals surface area contributed by atoms with Crippen LogP contribution in [-0.4, -0.2) is 20.4 Å². The summed E-state index contributed by atoms with van der Waals surface area (Å²) < 4.78 is 0. The number of aryl methyl sites for hydroxylation is 4. The van der Waals surface area contributed by atoms with E-state index in [0.29, 0.717) is 11.5 Å². The van der Waals surface area contributed by atoms with Crippen molar-refractivity contribution in [2.24, 2.45) is 0 Å². The number of rotatable bonds is 4. The molecule has 224 valence electrons. The molecule has 0 aliphatic heterocycles. The van der Waals surface area contributed by atoms with Crippen LogP contribution in [0.4, 0.5) is 0 Å². The van der Waals surface area contributed by atoms with Gasteiger partial charge in [0, 0.05) is 10.8 Å². The molecule has 0 aliphatic carbocycles. The predicted molar refractivity (Wildman–Crippen MR) is 176 cm³/mol. The fourth-order valence-electron chi connectivity index (χ4n) is 4.82. The Kier molecular flexibility index (Phi) is 10.0. The van der Waals surface area contributed by atoms with E-state index in [1.807, 2.05) is 65.8 Å². The number of hydrogen-bond acceptors (Lipinski definition) is 4. The van der Waals surface area contributed by atoms with E-state index in [1.165, 1.54) is 11.1 Å². The molecule has 0 aromatic heterocycles. The lowest BCUT2D eigenvalue weighted by Gasteiger charge is -2.28. The first-order valence-corrected chi connectivity index (χ1v) is 14.8.